The summed E-state index contributed by atoms with van der Waals surface area (Å²) < 4.78 is 33.0. The maximum atomic E-state index is 13.7. The zero-order valence-corrected chi connectivity index (χ0v) is 19.5. The molecule has 2 aromatic heterocycles. The smallest absolute Gasteiger partial charge is 0.395 e. The van der Waals surface area contributed by atoms with Crippen molar-refractivity contribution in [2.24, 2.45) is 5.16 Å². The normalized spacial score (nSPS) is 12.9. The van der Waals surface area contributed by atoms with Gasteiger partial charge in [-0.1, -0.05) is 17.3 Å². The van der Waals surface area contributed by atoms with Crippen LogP contribution in [0.15, 0.2) is 71.5 Å². The highest BCUT2D eigenvalue weighted by Gasteiger charge is 2.25. The summed E-state index contributed by atoms with van der Waals surface area (Å²) in [5, 5.41) is 16.7. The topological polar surface area (TPSA) is 125 Å². The Morgan fingerprint density at radius 1 is 1.26 bits per heavy atom. The molecule has 1 aromatic carbocycles. The molecule has 176 valence electrons. The van der Waals surface area contributed by atoms with Crippen molar-refractivity contribution in [2.75, 3.05) is 12.9 Å². The molecule has 12 heteroatoms. The van der Waals surface area contributed by atoms with E-state index in [1.165, 1.54) is 17.4 Å². The van der Waals surface area contributed by atoms with Crippen molar-refractivity contribution in [2.45, 2.75) is 13.0 Å². The van der Waals surface area contributed by atoms with E-state index in [1.54, 1.807) is 23.6 Å². The SMILES string of the molecule is N#Cc1ccc(OP(=O)(O)CNC(=O)/C(=N\OCCC[n+]2ccccc2)c2cccs2)cc1F. The summed E-state index contributed by atoms with van der Waals surface area (Å²) in [4.78, 5) is 28.5. The molecule has 9 nitrogen and oxygen atoms in total. The summed E-state index contributed by atoms with van der Waals surface area (Å²) in [5.41, 5.74) is -0.278. The number of amides is 1. The van der Waals surface area contributed by atoms with Crippen molar-refractivity contribution in [1.82, 2.24) is 5.32 Å². The fraction of sp³-hybridized carbons (Fsp3) is 0.182. The van der Waals surface area contributed by atoms with E-state index in [-0.39, 0.29) is 23.6 Å². The first-order valence-electron chi connectivity index (χ1n) is 10.0. The number of halogens is 1. The van der Waals surface area contributed by atoms with Crippen LogP contribution in [-0.2, 0) is 20.7 Å². The zero-order chi connectivity index (χ0) is 24.4. The summed E-state index contributed by atoms with van der Waals surface area (Å²) in [5.74, 6) is -1.87. The minimum Gasteiger partial charge on any atom is -0.423 e. The van der Waals surface area contributed by atoms with E-state index < -0.39 is 25.6 Å². The van der Waals surface area contributed by atoms with Crippen LogP contribution in [-0.4, -0.2) is 29.4 Å². The van der Waals surface area contributed by atoms with Gasteiger partial charge in [-0.15, -0.1) is 11.3 Å². The van der Waals surface area contributed by atoms with E-state index in [0.717, 1.165) is 12.1 Å². The highest BCUT2D eigenvalue weighted by Crippen LogP contribution is 2.41. The first-order chi connectivity index (χ1) is 16.4. The van der Waals surface area contributed by atoms with Crippen molar-refractivity contribution in [3.63, 3.8) is 0 Å². The number of nitrogens with zero attached hydrogens (tertiary/aromatic N) is 3. The lowest BCUT2D eigenvalue weighted by Gasteiger charge is -2.14. The van der Waals surface area contributed by atoms with Crippen LogP contribution in [0.1, 0.15) is 16.9 Å². The number of carbonyl (C=O) groups excluding carboxylic acids is 1. The fourth-order valence-corrected chi connectivity index (χ4v) is 4.27. The fourth-order valence-electron chi connectivity index (χ4n) is 2.71. The van der Waals surface area contributed by atoms with Gasteiger partial charge in [-0.2, -0.15) is 5.26 Å². The molecule has 2 heterocycles. The van der Waals surface area contributed by atoms with E-state index in [2.05, 4.69) is 10.5 Å². The Labute approximate surface area is 199 Å². The molecule has 0 aliphatic rings. The monoisotopic (exact) mass is 503 g/mol. The Kier molecular flexibility index (Phi) is 8.87. The third-order valence-electron chi connectivity index (χ3n) is 4.30. The van der Waals surface area contributed by atoms with Crippen LogP contribution < -0.4 is 14.4 Å². The minimum atomic E-state index is -4.38. The molecule has 0 saturated carbocycles. The highest BCUT2D eigenvalue weighted by molar-refractivity contribution is 7.53. The summed E-state index contributed by atoms with van der Waals surface area (Å²) in [7, 11) is -4.38. The van der Waals surface area contributed by atoms with Crippen LogP contribution in [0.25, 0.3) is 0 Å². The molecular formula is C22H21FN4O5PS+. The summed E-state index contributed by atoms with van der Waals surface area (Å²) in [6.07, 6.45) is 3.76. The molecule has 1 amide bonds. The van der Waals surface area contributed by atoms with Gasteiger partial charge in [0.1, 0.15) is 30.5 Å². The predicted molar refractivity (Wildman–Crippen MR) is 123 cm³/mol. The average molecular weight is 503 g/mol. The van der Waals surface area contributed by atoms with E-state index in [1.807, 2.05) is 35.2 Å². The van der Waals surface area contributed by atoms with Crippen molar-refractivity contribution >= 4 is 30.6 Å². The van der Waals surface area contributed by atoms with Crippen LogP contribution in [0.4, 0.5) is 4.39 Å². The zero-order valence-electron chi connectivity index (χ0n) is 17.8. The molecule has 34 heavy (non-hydrogen) atoms. The molecule has 0 radical (unpaired) electrons. The molecule has 1 atom stereocenters. The van der Waals surface area contributed by atoms with Gasteiger partial charge in [0.15, 0.2) is 24.7 Å². The van der Waals surface area contributed by atoms with Gasteiger partial charge in [0.2, 0.25) is 0 Å². The molecule has 0 saturated heterocycles. The van der Waals surface area contributed by atoms with E-state index >= 15 is 0 Å². The average Bonchev–Trinajstić information content (AvgIpc) is 3.35. The molecule has 3 rings (SSSR count). The lowest BCUT2D eigenvalue weighted by Crippen LogP contribution is -2.33. The third kappa shape index (κ3) is 7.49. The van der Waals surface area contributed by atoms with Gasteiger partial charge < -0.3 is 19.6 Å². The van der Waals surface area contributed by atoms with Crippen molar-refractivity contribution in [3.05, 3.63) is 82.6 Å². The standard InChI is InChI=1S/C22H20FN4O5PS/c23-19-14-18(8-7-17(19)15-24)32-33(29,30)16-25-22(28)21(20-6-4-13-34-20)26-31-12-5-11-27-9-2-1-3-10-27/h1-4,6-10,13-14H,5,11-12,16H2,(H-,25,28,29,30)/p+1/b26-21-. The number of oxime groups is 1. The Hall–Kier alpha value is -3.58. The largest absolute Gasteiger partial charge is 0.423 e. The Balaban J connectivity index is 1.57. The lowest BCUT2D eigenvalue weighted by molar-refractivity contribution is -0.697. The molecule has 0 fully saturated rings. The van der Waals surface area contributed by atoms with Crippen molar-refractivity contribution < 1.29 is 32.6 Å². The molecule has 1 unspecified atom stereocenters. The molecule has 2 N–H and O–H groups in total. The highest BCUT2D eigenvalue weighted by atomic mass is 32.1. The van der Waals surface area contributed by atoms with Gasteiger partial charge >= 0.3 is 7.60 Å². The molecule has 0 spiro atoms. The summed E-state index contributed by atoms with van der Waals surface area (Å²) in [6, 6.07) is 13.9. The summed E-state index contributed by atoms with van der Waals surface area (Å²) >= 11 is 1.25. The van der Waals surface area contributed by atoms with Gasteiger partial charge in [0.05, 0.1) is 10.4 Å². The second-order valence-corrected chi connectivity index (χ2v) is 9.58. The molecule has 0 bridgehead atoms. The molecular weight excluding hydrogens is 482 g/mol. The maximum absolute atomic E-state index is 13.7. The van der Waals surface area contributed by atoms with Crippen molar-refractivity contribution in [3.8, 4) is 11.8 Å². The number of aromatic nitrogens is 1. The predicted octanol–water partition coefficient (Wildman–Crippen LogP) is 3.20. The van der Waals surface area contributed by atoms with E-state index in [0.29, 0.717) is 17.8 Å². The van der Waals surface area contributed by atoms with Gasteiger partial charge in [-0.25, -0.2) is 13.5 Å². The van der Waals surface area contributed by atoms with Gasteiger partial charge in [0, 0.05) is 24.6 Å². The second-order valence-electron chi connectivity index (χ2n) is 6.86. The van der Waals surface area contributed by atoms with Gasteiger partial charge in [0.25, 0.3) is 5.91 Å². The van der Waals surface area contributed by atoms with Crippen LogP contribution in [0.5, 0.6) is 5.75 Å². The number of hydrogen-bond donors (Lipinski definition) is 2. The first kappa shape index (κ1) is 25.1. The number of nitrogens with one attached hydrogen (secondary N) is 1. The lowest BCUT2D eigenvalue weighted by atomic mass is 10.2. The number of benzene rings is 1. The maximum Gasteiger partial charge on any atom is 0.395 e. The third-order valence-corrected chi connectivity index (χ3v) is 6.23. The Bertz CT molecular complexity index is 1230. The second kappa shape index (κ2) is 12.0. The number of pyridine rings is 1. The van der Waals surface area contributed by atoms with Crippen LogP contribution in [0, 0.1) is 17.1 Å². The number of nitriles is 1. The first-order valence-corrected chi connectivity index (χ1v) is 12.7. The number of thiophene rings is 1. The Morgan fingerprint density at radius 3 is 2.74 bits per heavy atom. The van der Waals surface area contributed by atoms with Crippen molar-refractivity contribution in [1.29, 1.82) is 5.26 Å². The van der Waals surface area contributed by atoms with E-state index in [4.69, 9.17) is 14.6 Å². The summed E-state index contributed by atoms with van der Waals surface area (Å²) in [6.45, 7) is 0.966. The van der Waals surface area contributed by atoms with E-state index in [9.17, 15) is 18.6 Å². The number of hydrogen-bond acceptors (Lipinski definition) is 7. The number of carbonyl (C=O) groups is 1. The van der Waals surface area contributed by atoms with Gasteiger partial charge in [-0.3, -0.25) is 4.79 Å². The van der Waals surface area contributed by atoms with Crippen LogP contribution >= 0.6 is 18.9 Å². The molecule has 0 aliphatic carbocycles. The molecule has 0 aliphatic heterocycles. The van der Waals surface area contributed by atoms with Crippen LogP contribution in [0.2, 0.25) is 0 Å². The van der Waals surface area contributed by atoms with Crippen LogP contribution in [0.3, 0.4) is 0 Å². The Morgan fingerprint density at radius 2 is 2.06 bits per heavy atom. The molecule has 3 aromatic rings. The quantitative estimate of drug-likeness (QED) is 0.136. The van der Waals surface area contributed by atoms with Gasteiger partial charge in [-0.05, 0) is 23.6 Å². The number of rotatable bonds is 11. The minimum absolute atomic E-state index is 0.0493. The number of aryl methyl sites for hydroxylation is 1.